The van der Waals surface area contributed by atoms with E-state index in [9.17, 15) is 14.7 Å². The summed E-state index contributed by atoms with van der Waals surface area (Å²) in [5.41, 5.74) is -0.0559. The van der Waals surface area contributed by atoms with E-state index in [-0.39, 0.29) is 12.2 Å². The number of rotatable bonds is 5. The lowest BCUT2D eigenvalue weighted by Gasteiger charge is -2.36. The van der Waals surface area contributed by atoms with Crippen LogP contribution >= 0.6 is 15.9 Å². The molecule has 1 aliphatic rings. The molecule has 0 aliphatic carbocycles. The lowest BCUT2D eigenvalue weighted by atomic mass is 9.86. The minimum absolute atomic E-state index is 0.0272. The number of carbonyl (C=O) groups is 2. The minimum Gasteiger partial charge on any atom is -0.465 e. The van der Waals surface area contributed by atoms with Crippen LogP contribution in [0.4, 0.5) is 5.69 Å². The van der Waals surface area contributed by atoms with E-state index in [0.29, 0.717) is 11.3 Å². The summed E-state index contributed by atoms with van der Waals surface area (Å²) in [6, 6.07) is 24.8. The molecule has 5 nitrogen and oxygen atoms in total. The van der Waals surface area contributed by atoms with E-state index in [1.54, 1.807) is 42.5 Å². The molecule has 0 amide bonds. The van der Waals surface area contributed by atoms with Crippen LogP contribution in [0, 0.1) is 0 Å². The molecule has 1 heterocycles. The molecule has 1 fully saturated rings. The van der Waals surface area contributed by atoms with Crippen LogP contribution in [-0.4, -0.2) is 35.7 Å². The molecule has 1 N–H and O–H groups in total. The molecule has 0 aromatic heterocycles. The molecule has 0 radical (unpaired) electrons. The van der Waals surface area contributed by atoms with E-state index >= 15 is 0 Å². The molecule has 1 aliphatic heterocycles. The van der Waals surface area contributed by atoms with Gasteiger partial charge in [-0.25, -0.2) is 4.79 Å². The van der Waals surface area contributed by atoms with E-state index in [0.717, 1.165) is 10.0 Å². The van der Waals surface area contributed by atoms with Gasteiger partial charge in [0.05, 0.1) is 7.11 Å². The van der Waals surface area contributed by atoms with Crippen LogP contribution in [0.25, 0.3) is 0 Å². The van der Waals surface area contributed by atoms with Gasteiger partial charge >= 0.3 is 5.97 Å². The highest BCUT2D eigenvalue weighted by Crippen LogP contribution is 2.47. The molecule has 3 atom stereocenters. The number of nitrogens with zero attached hydrogens (tertiary/aromatic N) is 1. The molecule has 6 heteroatoms. The lowest BCUT2D eigenvalue weighted by Crippen LogP contribution is -2.55. The van der Waals surface area contributed by atoms with Crippen molar-refractivity contribution in [1.82, 2.24) is 0 Å². The zero-order valence-electron chi connectivity index (χ0n) is 16.9. The lowest BCUT2D eigenvalue weighted by molar-refractivity contribution is -0.161. The van der Waals surface area contributed by atoms with E-state index < -0.39 is 23.7 Å². The van der Waals surface area contributed by atoms with Gasteiger partial charge in [-0.1, -0.05) is 82.7 Å². The monoisotopic (exact) mass is 479 g/mol. The zero-order chi connectivity index (χ0) is 22.0. The Hall–Kier alpha value is -2.96. The van der Waals surface area contributed by atoms with Gasteiger partial charge in [-0.2, -0.15) is 0 Å². The summed E-state index contributed by atoms with van der Waals surface area (Å²) in [6.45, 7) is 0. The summed E-state index contributed by atoms with van der Waals surface area (Å²) in [5, 5.41) is 11.6. The van der Waals surface area contributed by atoms with E-state index in [2.05, 4.69) is 15.9 Å². The number of benzene rings is 3. The molecule has 31 heavy (non-hydrogen) atoms. The van der Waals surface area contributed by atoms with E-state index in [4.69, 9.17) is 4.74 Å². The van der Waals surface area contributed by atoms with Crippen LogP contribution in [0.1, 0.15) is 28.3 Å². The molecular weight excluding hydrogens is 458 g/mol. The quantitative estimate of drug-likeness (QED) is 0.429. The first-order chi connectivity index (χ1) is 15.0. The number of anilines is 1. The van der Waals surface area contributed by atoms with Gasteiger partial charge in [0.2, 0.25) is 5.72 Å². The first kappa shape index (κ1) is 21.3. The Morgan fingerprint density at radius 2 is 1.65 bits per heavy atom. The molecule has 1 saturated heterocycles. The number of methoxy groups -OCH3 is 1. The van der Waals surface area contributed by atoms with Crippen LogP contribution in [0.15, 0.2) is 89.4 Å². The van der Waals surface area contributed by atoms with Crippen molar-refractivity contribution in [2.45, 2.75) is 24.1 Å². The number of hydrogen-bond donors (Lipinski definition) is 1. The summed E-state index contributed by atoms with van der Waals surface area (Å²) < 4.78 is 5.75. The number of carbonyl (C=O) groups excluding carboxylic acids is 2. The summed E-state index contributed by atoms with van der Waals surface area (Å²) >= 11 is 3.45. The highest BCUT2D eigenvalue weighted by Gasteiger charge is 2.59. The zero-order valence-corrected chi connectivity index (χ0v) is 18.5. The third-order valence-corrected chi connectivity index (χ3v) is 6.21. The van der Waals surface area contributed by atoms with Gasteiger partial charge in [0.1, 0.15) is 6.04 Å². The molecular formula is C25H22BrNO4. The maximum atomic E-state index is 13.8. The fourth-order valence-corrected chi connectivity index (χ4v) is 4.73. The average molecular weight is 480 g/mol. The molecule has 158 valence electrons. The molecule has 0 saturated carbocycles. The topological polar surface area (TPSA) is 66.8 Å². The fraction of sp³-hybridized carbons (Fsp3) is 0.200. The van der Waals surface area contributed by atoms with Crippen molar-refractivity contribution in [1.29, 1.82) is 0 Å². The van der Waals surface area contributed by atoms with Crippen LogP contribution < -0.4 is 4.90 Å². The Labute approximate surface area is 189 Å². The molecule has 3 aromatic carbocycles. The van der Waals surface area contributed by atoms with Crippen LogP contribution in [0.2, 0.25) is 0 Å². The van der Waals surface area contributed by atoms with Gasteiger partial charge < -0.3 is 14.7 Å². The molecule has 0 bridgehead atoms. The summed E-state index contributed by atoms with van der Waals surface area (Å²) in [7, 11) is 1.24. The van der Waals surface area contributed by atoms with Gasteiger partial charge in [0.15, 0.2) is 5.78 Å². The van der Waals surface area contributed by atoms with Crippen molar-refractivity contribution < 1.29 is 19.4 Å². The second kappa shape index (κ2) is 8.65. The number of ether oxygens (including phenoxy) is 1. The number of halogens is 1. The Kier molecular flexibility index (Phi) is 5.94. The van der Waals surface area contributed by atoms with Crippen LogP contribution in [0.5, 0.6) is 0 Å². The maximum absolute atomic E-state index is 13.8. The minimum atomic E-state index is -1.99. The molecule has 0 spiro atoms. The van der Waals surface area contributed by atoms with E-state index in [1.165, 1.54) is 12.0 Å². The van der Waals surface area contributed by atoms with Crippen LogP contribution in [-0.2, 0) is 9.53 Å². The SMILES string of the molecule is COC(=O)[C@@]1(O)C[C@@H](c2ccccc2)[C@H](C(=O)c2ccccc2)N1c1cccc(Br)c1. The predicted molar refractivity (Wildman–Crippen MR) is 122 cm³/mol. The first-order valence-electron chi connectivity index (χ1n) is 9.95. The first-order valence-corrected chi connectivity index (χ1v) is 10.7. The third kappa shape index (κ3) is 3.89. The third-order valence-electron chi connectivity index (χ3n) is 5.72. The Morgan fingerprint density at radius 1 is 1.00 bits per heavy atom. The van der Waals surface area contributed by atoms with Gasteiger partial charge in [-0.05, 0) is 23.8 Å². The number of Topliss-reactive ketones (excluding diaryl/α,β-unsaturated/α-hetero) is 1. The second-order valence-electron chi connectivity index (χ2n) is 7.55. The number of hydrogen-bond acceptors (Lipinski definition) is 5. The number of ketones is 1. The van der Waals surface area contributed by atoms with Crippen molar-refractivity contribution in [2.24, 2.45) is 0 Å². The predicted octanol–water partition coefficient (Wildman–Crippen LogP) is 4.56. The van der Waals surface area contributed by atoms with E-state index in [1.807, 2.05) is 42.5 Å². The average Bonchev–Trinajstić information content (AvgIpc) is 3.13. The van der Waals surface area contributed by atoms with Gasteiger partial charge in [0.25, 0.3) is 0 Å². The standard InChI is InChI=1S/C25H22BrNO4/c1-31-24(29)25(30)16-21(17-9-4-2-5-10-17)22(23(28)18-11-6-3-7-12-18)27(25)20-14-8-13-19(26)15-20/h2-15,21-22,30H,16H2,1H3/t21-,22+,25-/m0/s1. The smallest absolute Gasteiger partial charge is 0.359 e. The highest BCUT2D eigenvalue weighted by molar-refractivity contribution is 9.10. The van der Waals surface area contributed by atoms with Crippen LogP contribution in [0.3, 0.4) is 0 Å². The molecule has 0 unspecified atom stereocenters. The second-order valence-corrected chi connectivity index (χ2v) is 8.47. The Bertz CT molecular complexity index is 1090. The van der Waals surface area contributed by atoms with Gasteiger partial charge in [0, 0.05) is 28.1 Å². The van der Waals surface area contributed by atoms with Gasteiger partial charge in [-0.3, -0.25) is 4.79 Å². The molecule has 3 aromatic rings. The Morgan fingerprint density at radius 3 is 2.26 bits per heavy atom. The van der Waals surface area contributed by atoms with Gasteiger partial charge in [-0.15, -0.1) is 0 Å². The van der Waals surface area contributed by atoms with Crippen molar-refractivity contribution in [3.05, 3.63) is 101 Å². The maximum Gasteiger partial charge on any atom is 0.359 e. The van der Waals surface area contributed by atoms with Crippen molar-refractivity contribution in [3.63, 3.8) is 0 Å². The molecule has 4 rings (SSSR count). The fourth-order valence-electron chi connectivity index (χ4n) is 4.35. The number of esters is 1. The van der Waals surface area contributed by atoms with Crippen molar-refractivity contribution in [2.75, 3.05) is 12.0 Å². The number of aliphatic hydroxyl groups is 1. The normalized spacial score (nSPS) is 22.9. The summed E-state index contributed by atoms with van der Waals surface area (Å²) in [5.74, 6) is -1.39. The summed E-state index contributed by atoms with van der Waals surface area (Å²) in [4.78, 5) is 28.1. The van der Waals surface area contributed by atoms with Crippen molar-refractivity contribution in [3.8, 4) is 0 Å². The largest absolute Gasteiger partial charge is 0.465 e. The van der Waals surface area contributed by atoms with Crippen molar-refractivity contribution >= 4 is 33.4 Å². The Balaban J connectivity index is 1.92. The summed E-state index contributed by atoms with van der Waals surface area (Å²) in [6.07, 6.45) is 0.0272. The highest BCUT2D eigenvalue weighted by atomic mass is 79.9.